The van der Waals surface area contributed by atoms with Gasteiger partial charge in [0.15, 0.2) is 0 Å². The standard InChI is InChI=1S/C23H28BrN3O5S/c1-17-15-18(24)16-21(23(28)26-29)22(17)27(2)33(30,31)20-11-9-19(10-12-20)32-14-8-6-4-3-5-7-13-25/h9-12,15-16,29H,3-5,7,13-14,25H2,1-2H3,(H,26,28). The van der Waals surface area contributed by atoms with Gasteiger partial charge in [-0.25, -0.2) is 13.9 Å². The minimum atomic E-state index is -3.98. The van der Waals surface area contributed by atoms with Crippen LogP contribution in [0, 0.1) is 18.8 Å². The zero-order chi connectivity index (χ0) is 24.4. The Labute approximate surface area is 203 Å². The number of nitrogens with two attached hydrogens (primary N) is 1. The van der Waals surface area contributed by atoms with E-state index >= 15 is 0 Å². The first-order chi connectivity index (χ1) is 15.7. The van der Waals surface area contributed by atoms with Gasteiger partial charge < -0.3 is 10.5 Å². The first-order valence-electron chi connectivity index (χ1n) is 10.3. The van der Waals surface area contributed by atoms with Crippen LogP contribution in [0.1, 0.15) is 41.6 Å². The molecule has 0 bridgehead atoms. The monoisotopic (exact) mass is 537 g/mol. The molecule has 0 heterocycles. The van der Waals surface area contributed by atoms with E-state index in [9.17, 15) is 13.2 Å². The maximum absolute atomic E-state index is 13.2. The SMILES string of the molecule is Cc1cc(Br)cc(C(=O)NO)c1N(C)S(=O)(=O)c1ccc(OCC#CCCCCCN)cc1. The molecule has 1 amide bonds. The van der Waals surface area contributed by atoms with E-state index in [1.165, 1.54) is 25.2 Å². The number of aryl methyl sites for hydroxylation is 1. The lowest BCUT2D eigenvalue weighted by molar-refractivity contribution is 0.0707. The van der Waals surface area contributed by atoms with Crippen molar-refractivity contribution in [2.75, 3.05) is 24.5 Å². The van der Waals surface area contributed by atoms with E-state index in [-0.39, 0.29) is 22.8 Å². The van der Waals surface area contributed by atoms with Crippen molar-refractivity contribution < 1.29 is 23.2 Å². The van der Waals surface area contributed by atoms with E-state index in [4.69, 9.17) is 15.7 Å². The molecule has 0 aromatic heterocycles. The highest BCUT2D eigenvalue weighted by atomic mass is 79.9. The van der Waals surface area contributed by atoms with Crippen LogP contribution in [-0.4, -0.2) is 39.7 Å². The van der Waals surface area contributed by atoms with Crippen LogP contribution in [-0.2, 0) is 10.0 Å². The lowest BCUT2D eigenvalue weighted by Crippen LogP contribution is -2.30. The molecule has 0 radical (unpaired) electrons. The summed E-state index contributed by atoms with van der Waals surface area (Å²) in [6, 6.07) is 9.10. The molecule has 0 atom stereocenters. The molecule has 10 heteroatoms. The second-order valence-corrected chi connectivity index (χ2v) is 10.1. The summed E-state index contributed by atoms with van der Waals surface area (Å²) < 4.78 is 33.6. The smallest absolute Gasteiger partial charge is 0.276 e. The third-order valence-electron chi connectivity index (χ3n) is 4.85. The number of benzene rings is 2. The van der Waals surface area contributed by atoms with Gasteiger partial charge in [0, 0.05) is 17.9 Å². The molecule has 8 nitrogen and oxygen atoms in total. The number of hydroxylamine groups is 1. The normalized spacial score (nSPS) is 10.8. The quantitative estimate of drug-likeness (QED) is 0.184. The molecule has 2 rings (SSSR count). The summed E-state index contributed by atoms with van der Waals surface area (Å²) in [6.07, 6.45) is 3.85. The Morgan fingerprint density at radius 1 is 1.18 bits per heavy atom. The maximum atomic E-state index is 13.2. The van der Waals surface area contributed by atoms with Crippen LogP contribution in [0.5, 0.6) is 5.75 Å². The van der Waals surface area contributed by atoms with Crippen molar-refractivity contribution in [1.29, 1.82) is 0 Å². The number of nitrogens with zero attached hydrogens (tertiary/aromatic N) is 1. The molecule has 2 aromatic carbocycles. The minimum Gasteiger partial charge on any atom is -0.481 e. The molecule has 0 aliphatic carbocycles. The van der Waals surface area contributed by atoms with E-state index in [0.29, 0.717) is 22.3 Å². The van der Waals surface area contributed by atoms with E-state index in [1.54, 1.807) is 30.6 Å². The van der Waals surface area contributed by atoms with E-state index in [0.717, 1.165) is 30.0 Å². The highest BCUT2D eigenvalue weighted by Crippen LogP contribution is 2.32. The molecule has 0 saturated carbocycles. The predicted molar refractivity (Wildman–Crippen MR) is 131 cm³/mol. The van der Waals surface area contributed by atoms with Crippen LogP contribution < -0.4 is 20.3 Å². The average Bonchev–Trinajstić information content (AvgIpc) is 2.79. The Morgan fingerprint density at radius 2 is 1.88 bits per heavy atom. The topological polar surface area (TPSA) is 122 Å². The van der Waals surface area contributed by atoms with Crippen LogP contribution in [0.2, 0.25) is 0 Å². The number of sulfonamides is 1. The summed E-state index contributed by atoms with van der Waals surface area (Å²) in [7, 11) is -2.63. The Balaban J connectivity index is 2.14. The summed E-state index contributed by atoms with van der Waals surface area (Å²) in [4.78, 5) is 12.2. The van der Waals surface area contributed by atoms with Gasteiger partial charge in [-0.2, -0.15) is 0 Å². The highest BCUT2D eigenvalue weighted by molar-refractivity contribution is 9.10. The number of carbonyl (C=O) groups is 1. The average molecular weight is 538 g/mol. The van der Waals surface area contributed by atoms with Crippen molar-refractivity contribution in [3.05, 3.63) is 52.0 Å². The Bertz CT molecular complexity index is 1130. The van der Waals surface area contributed by atoms with Crippen LogP contribution in [0.4, 0.5) is 5.69 Å². The van der Waals surface area contributed by atoms with E-state index in [1.807, 2.05) is 0 Å². The van der Waals surface area contributed by atoms with Gasteiger partial charge in [0.1, 0.15) is 12.4 Å². The molecule has 0 fully saturated rings. The van der Waals surface area contributed by atoms with Crippen molar-refractivity contribution in [3.63, 3.8) is 0 Å². The first-order valence-corrected chi connectivity index (χ1v) is 12.6. The second-order valence-electron chi connectivity index (χ2n) is 7.25. The molecule has 0 aliphatic rings. The minimum absolute atomic E-state index is 0.0111. The van der Waals surface area contributed by atoms with Gasteiger partial charge in [0.05, 0.1) is 16.1 Å². The fourth-order valence-corrected chi connectivity index (χ4v) is 5.02. The summed E-state index contributed by atoms with van der Waals surface area (Å²) in [5.74, 6) is 5.65. The molecular formula is C23H28BrN3O5S. The van der Waals surface area contributed by atoms with Crippen LogP contribution in [0.25, 0.3) is 0 Å². The lowest BCUT2D eigenvalue weighted by atomic mass is 10.1. The summed E-state index contributed by atoms with van der Waals surface area (Å²) >= 11 is 3.28. The molecule has 0 spiro atoms. The van der Waals surface area contributed by atoms with Gasteiger partial charge in [-0.3, -0.25) is 14.3 Å². The molecular weight excluding hydrogens is 510 g/mol. The van der Waals surface area contributed by atoms with Gasteiger partial charge in [0.2, 0.25) is 0 Å². The number of amides is 1. The van der Waals surface area contributed by atoms with Crippen LogP contribution in [0.3, 0.4) is 0 Å². The first kappa shape index (κ1) is 26.7. The van der Waals surface area contributed by atoms with Crippen LogP contribution in [0.15, 0.2) is 45.8 Å². The fraction of sp³-hybridized carbons (Fsp3) is 0.348. The third kappa shape index (κ3) is 7.20. The largest absolute Gasteiger partial charge is 0.481 e. The molecule has 0 aliphatic heterocycles. The molecule has 0 unspecified atom stereocenters. The summed E-state index contributed by atoms with van der Waals surface area (Å²) in [5.41, 5.74) is 7.72. The number of hydrogen-bond donors (Lipinski definition) is 3. The number of ether oxygens (including phenoxy) is 1. The number of carbonyl (C=O) groups excluding carboxylic acids is 1. The summed E-state index contributed by atoms with van der Waals surface area (Å²) in [6.45, 7) is 2.58. The number of hydrogen-bond acceptors (Lipinski definition) is 6. The molecule has 178 valence electrons. The Morgan fingerprint density at radius 3 is 2.52 bits per heavy atom. The van der Waals surface area contributed by atoms with Gasteiger partial charge in [0.25, 0.3) is 15.9 Å². The number of halogens is 1. The second kappa shape index (κ2) is 12.6. The van der Waals surface area contributed by atoms with Crippen molar-refractivity contribution in [2.45, 2.75) is 37.5 Å². The van der Waals surface area contributed by atoms with E-state index in [2.05, 4.69) is 27.8 Å². The maximum Gasteiger partial charge on any atom is 0.276 e. The number of anilines is 1. The molecule has 2 aromatic rings. The van der Waals surface area contributed by atoms with Gasteiger partial charge in [-0.15, -0.1) is 0 Å². The lowest BCUT2D eigenvalue weighted by Gasteiger charge is -2.24. The number of rotatable bonds is 10. The van der Waals surface area contributed by atoms with Crippen molar-refractivity contribution >= 4 is 37.5 Å². The summed E-state index contributed by atoms with van der Waals surface area (Å²) in [5, 5.41) is 9.07. The van der Waals surface area contributed by atoms with Crippen molar-refractivity contribution in [1.82, 2.24) is 5.48 Å². The zero-order valence-corrected chi connectivity index (χ0v) is 21.0. The van der Waals surface area contributed by atoms with Gasteiger partial charge >= 0.3 is 0 Å². The molecule has 4 N–H and O–H groups in total. The highest BCUT2D eigenvalue weighted by Gasteiger charge is 2.27. The van der Waals surface area contributed by atoms with Crippen molar-refractivity contribution in [3.8, 4) is 17.6 Å². The Kier molecular flexibility index (Phi) is 10.2. The van der Waals surface area contributed by atoms with Crippen molar-refractivity contribution in [2.24, 2.45) is 5.73 Å². The predicted octanol–water partition coefficient (Wildman–Crippen LogP) is 3.60. The van der Waals surface area contributed by atoms with Gasteiger partial charge in [-0.05, 0) is 68.3 Å². The van der Waals surface area contributed by atoms with Crippen LogP contribution >= 0.6 is 15.9 Å². The number of unbranched alkanes of at least 4 members (excludes halogenated alkanes) is 3. The number of nitrogens with one attached hydrogen (secondary N) is 1. The molecule has 33 heavy (non-hydrogen) atoms. The fourth-order valence-electron chi connectivity index (χ4n) is 3.17. The molecule has 0 saturated heterocycles. The van der Waals surface area contributed by atoms with Gasteiger partial charge in [-0.1, -0.05) is 34.2 Å². The van der Waals surface area contributed by atoms with E-state index < -0.39 is 15.9 Å². The third-order valence-corrected chi connectivity index (χ3v) is 7.08. The Hall–Kier alpha value is -2.58. The zero-order valence-electron chi connectivity index (χ0n) is 18.6.